The number of nitriles is 1. The third-order valence-corrected chi connectivity index (χ3v) is 2.57. The summed E-state index contributed by atoms with van der Waals surface area (Å²) in [6.45, 7) is 3.06. The molecule has 0 atom stereocenters. The molecule has 2 rings (SSSR count). The van der Waals surface area contributed by atoms with Crippen LogP contribution in [-0.2, 0) is 0 Å². The lowest BCUT2D eigenvalue weighted by atomic mass is 10.1. The van der Waals surface area contributed by atoms with Crippen LogP contribution in [0, 0.1) is 24.2 Å². The van der Waals surface area contributed by atoms with E-state index in [-0.39, 0.29) is 0 Å². The van der Waals surface area contributed by atoms with Crippen molar-refractivity contribution in [2.45, 2.75) is 19.8 Å². The topological polar surface area (TPSA) is 35.8 Å². The van der Waals surface area contributed by atoms with Crippen LogP contribution in [0.2, 0.25) is 0 Å². The van der Waals surface area contributed by atoms with Gasteiger partial charge < -0.3 is 5.32 Å². The monoisotopic (exact) mass is 186 g/mol. The quantitative estimate of drug-likeness (QED) is 0.787. The lowest BCUT2D eigenvalue weighted by Crippen LogP contribution is -2.04. The lowest BCUT2D eigenvalue weighted by molar-refractivity contribution is 0.888. The first-order valence-corrected chi connectivity index (χ1v) is 5.04. The van der Waals surface area contributed by atoms with Crippen LogP contribution in [0.25, 0.3) is 0 Å². The van der Waals surface area contributed by atoms with Gasteiger partial charge in [-0.2, -0.15) is 5.26 Å². The Morgan fingerprint density at radius 3 is 2.93 bits per heavy atom. The standard InChI is InChI=1S/C12H14N2/c1-9-2-5-11(7-13)12(6-9)14-8-10-3-4-10/h2,5-6,10,14H,3-4,8H2,1H3. The van der Waals surface area contributed by atoms with Crippen molar-refractivity contribution in [1.82, 2.24) is 0 Å². The summed E-state index contributed by atoms with van der Waals surface area (Å²) in [5.74, 6) is 0.835. The molecule has 1 aliphatic rings. The van der Waals surface area contributed by atoms with Gasteiger partial charge in [0.05, 0.1) is 11.3 Å². The molecule has 2 nitrogen and oxygen atoms in total. The number of benzene rings is 1. The molecule has 1 aromatic rings. The molecule has 1 N–H and O–H groups in total. The third kappa shape index (κ3) is 2.05. The first-order valence-electron chi connectivity index (χ1n) is 5.04. The van der Waals surface area contributed by atoms with Gasteiger partial charge in [-0.15, -0.1) is 0 Å². The second-order valence-electron chi connectivity index (χ2n) is 3.99. The summed E-state index contributed by atoms with van der Waals surface area (Å²) < 4.78 is 0. The van der Waals surface area contributed by atoms with E-state index in [9.17, 15) is 0 Å². The van der Waals surface area contributed by atoms with Crippen LogP contribution in [0.5, 0.6) is 0 Å². The normalized spacial score (nSPS) is 14.9. The smallest absolute Gasteiger partial charge is 0.101 e. The van der Waals surface area contributed by atoms with E-state index in [1.807, 2.05) is 25.1 Å². The fourth-order valence-electron chi connectivity index (χ4n) is 1.48. The Morgan fingerprint density at radius 1 is 1.50 bits per heavy atom. The number of hydrogen-bond donors (Lipinski definition) is 1. The molecular formula is C12H14N2. The molecule has 72 valence electrons. The number of nitrogens with zero attached hydrogens (tertiary/aromatic N) is 1. The van der Waals surface area contributed by atoms with E-state index in [0.29, 0.717) is 0 Å². The molecule has 0 aromatic heterocycles. The van der Waals surface area contributed by atoms with Gasteiger partial charge in [-0.25, -0.2) is 0 Å². The maximum atomic E-state index is 8.90. The van der Waals surface area contributed by atoms with Crippen molar-refractivity contribution in [2.24, 2.45) is 5.92 Å². The van der Waals surface area contributed by atoms with Crippen molar-refractivity contribution in [3.05, 3.63) is 29.3 Å². The Labute approximate surface area is 84.6 Å². The maximum Gasteiger partial charge on any atom is 0.101 e. The Kier molecular flexibility index (Phi) is 2.41. The predicted octanol–water partition coefficient (Wildman–Crippen LogP) is 2.69. The van der Waals surface area contributed by atoms with E-state index in [0.717, 1.165) is 23.7 Å². The molecule has 0 heterocycles. The van der Waals surface area contributed by atoms with Gasteiger partial charge in [0.2, 0.25) is 0 Å². The maximum absolute atomic E-state index is 8.90. The van der Waals surface area contributed by atoms with Crippen LogP contribution in [0.3, 0.4) is 0 Å². The Balaban J connectivity index is 2.12. The minimum atomic E-state index is 0.747. The summed E-state index contributed by atoms with van der Waals surface area (Å²) in [7, 11) is 0. The fraction of sp³-hybridized carbons (Fsp3) is 0.417. The van der Waals surface area contributed by atoms with Gasteiger partial charge in [-0.05, 0) is 43.4 Å². The first-order chi connectivity index (χ1) is 6.79. The number of hydrogen-bond acceptors (Lipinski definition) is 2. The van der Waals surface area contributed by atoms with Crippen LogP contribution < -0.4 is 5.32 Å². The summed E-state index contributed by atoms with van der Waals surface area (Å²) >= 11 is 0. The van der Waals surface area contributed by atoms with Crippen LogP contribution in [0.1, 0.15) is 24.0 Å². The van der Waals surface area contributed by atoms with Crippen molar-refractivity contribution >= 4 is 5.69 Å². The molecule has 1 fully saturated rings. The van der Waals surface area contributed by atoms with Gasteiger partial charge in [0.25, 0.3) is 0 Å². The molecule has 0 spiro atoms. The van der Waals surface area contributed by atoms with Crippen LogP contribution >= 0.6 is 0 Å². The van der Waals surface area contributed by atoms with Crippen LogP contribution in [-0.4, -0.2) is 6.54 Å². The molecule has 14 heavy (non-hydrogen) atoms. The lowest BCUT2D eigenvalue weighted by Gasteiger charge is -2.07. The van der Waals surface area contributed by atoms with E-state index in [2.05, 4.69) is 11.4 Å². The van der Waals surface area contributed by atoms with Gasteiger partial charge in [0.15, 0.2) is 0 Å². The zero-order valence-corrected chi connectivity index (χ0v) is 8.38. The molecule has 1 saturated carbocycles. The summed E-state index contributed by atoms with van der Waals surface area (Å²) in [6, 6.07) is 8.10. The van der Waals surface area contributed by atoms with E-state index < -0.39 is 0 Å². The summed E-state index contributed by atoms with van der Waals surface area (Å²) in [5.41, 5.74) is 2.93. The predicted molar refractivity (Wildman–Crippen MR) is 57.1 cm³/mol. The number of anilines is 1. The summed E-state index contributed by atoms with van der Waals surface area (Å²) in [5, 5.41) is 12.2. The zero-order valence-electron chi connectivity index (χ0n) is 8.38. The molecule has 1 aromatic carbocycles. The second-order valence-corrected chi connectivity index (χ2v) is 3.99. The number of nitrogens with one attached hydrogen (secondary N) is 1. The minimum Gasteiger partial charge on any atom is -0.384 e. The molecule has 0 radical (unpaired) electrons. The Bertz CT molecular complexity index is 372. The average Bonchev–Trinajstić information content (AvgIpc) is 2.98. The second kappa shape index (κ2) is 3.71. The fourth-order valence-corrected chi connectivity index (χ4v) is 1.48. The van der Waals surface area contributed by atoms with Crippen molar-refractivity contribution in [3.63, 3.8) is 0 Å². The average molecular weight is 186 g/mol. The largest absolute Gasteiger partial charge is 0.384 e. The molecule has 0 bridgehead atoms. The molecule has 0 unspecified atom stereocenters. The molecule has 0 saturated heterocycles. The van der Waals surface area contributed by atoms with Gasteiger partial charge in [-0.3, -0.25) is 0 Å². The Hall–Kier alpha value is -1.49. The summed E-state index contributed by atoms with van der Waals surface area (Å²) in [4.78, 5) is 0. The van der Waals surface area contributed by atoms with Gasteiger partial charge in [-0.1, -0.05) is 6.07 Å². The summed E-state index contributed by atoms with van der Waals surface area (Å²) in [6.07, 6.45) is 2.67. The van der Waals surface area contributed by atoms with E-state index >= 15 is 0 Å². The minimum absolute atomic E-state index is 0.747. The Morgan fingerprint density at radius 2 is 2.29 bits per heavy atom. The van der Waals surface area contributed by atoms with Crippen molar-refractivity contribution in [3.8, 4) is 6.07 Å². The van der Waals surface area contributed by atoms with Crippen molar-refractivity contribution in [1.29, 1.82) is 5.26 Å². The zero-order chi connectivity index (χ0) is 9.97. The van der Waals surface area contributed by atoms with Gasteiger partial charge >= 0.3 is 0 Å². The van der Waals surface area contributed by atoms with Crippen LogP contribution in [0.15, 0.2) is 18.2 Å². The third-order valence-electron chi connectivity index (χ3n) is 2.57. The molecular weight excluding hydrogens is 172 g/mol. The number of aryl methyl sites for hydroxylation is 1. The van der Waals surface area contributed by atoms with Gasteiger partial charge in [0, 0.05) is 6.54 Å². The highest BCUT2D eigenvalue weighted by Crippen LogP contribution is 2.29. The highest BCUT2D eigenvalue weighted by molar-refractivity contribution is 5.58. The van der Waals surface area contributed by atoms with Gasteiger partial charge in [0.1, 0.15) is 6.07 Å². The molecule has 0 aliphatic heterocycles. The van der Waals surface area contributed by atoms with E-state index in [4.69, 9.17) is 5.26 Å². The van der Waals surface area contributed by atoms with Crippen molar-refractivity contribution in [2.75, 3.05) is 11.9 Å². The molecule has 0 amide bonds. The molecule has 2 heteroatoms. The van der Waals surface area contributed by atoms with E-state index in [1.165, 1.54) is 18.4 Å². The van der Waals surface area contributed by atoms with Crippen LogP contribution in [0.4, 0.5) is 5.69 Å². The first kappa shape index (κ1) is 9.08. The van der Waals surface area contributed by atoms with E-state index in [1.54, 1.807) is 0 Å². The highest BCUT2D eigenvalue weighted by atomic mass is 14.9. The molecule has 1 aliphatic carbocycles. The highest BCUT2D eigenvalue weighted by Gasteiger charge is 2.20. The van der Waals surface area contributed by atoms with Crippen molar-refractivity contribution < 1.29 is 0 Å². The number of rotatable bonds is 3. The SMILES string of the molecule is Cc1ccc(C#N)c(NCC2CC2)c1.